The van der Waals surface area contributed by atoms with Gasteiger partial charge in [-0.1, -0.05) is 18.2 Å². The molecule has 7 heteroatoms. The Balaban J connectivity index is 1.53. The summed E-state index contributed by atoms with van der Waals surface area (Å²) in [4.78, 5) is 32.5. The number of aryl methyl sites for hydroxylation is 3. The molecule has 6 nitrogen and oxygen atoms in total. The second-order valence-electron chi connectivity index (χ2n) is 7.09. The number of piperidine rings is 1. The Morgan fingerprint density at radius 3 is 2.70 bits per heavy atom. The van der Waals surface area contributed by atoms with E-state index >= 15 is 0 Å². The van der Waals surface area contributed by atoms with Crippen molar-refractivity contribution in [2.45, 2.75) is 33.6 Å². The van der Waals surface area contributed by atoms with E-state index in [-0.39, 0.29) is 24.3 Å². The number of carbonyl (C=O) groups is 2. The molecule has 0 aliphatic carbocycles. The third-order valence-electron chi connectivity index (χ3n) is 4.92. The average Bonchev–Trinajstić information content (AvgIpc) is 2.94. The van der Waals surface area contributed by atoms with Crippen LogP contribution in [0.4, 0.5) is 10.8 Å². The number of thiazole rings is 1. The van der Waals surface area contributed by atoms with Crippen molar-refractivity contribution in [3.8, 4) is 0 Å². The third kappa shape index (κ3) is 5.14. The van der Waals surface area contributed by atoms with Crippen LogP contribution < -0.4 is 10.6 Å². The van der Waals surface area contributed by atoms with Gasteiger partial charge in [0, 0.05) is 17.1 Å². The molecule has 1 atom stereocenters. The Morgan fingerprint density at radius 2 is 2.00 bits per heavy atom. The number of likely N-dealkylation sites (tertiary alicyclic amines) is 1. The monoisotopic (exact) mass is 386 g/mol. The molecule has 1 saturated heterocycles. The van der Waals surface area contributed by atoms with Crippen LogP contribution in [0.3, 0.4) is 0 Å². The Labute approximate surface area is 164 Å². The molecule has 144 valence electrons. The number of benzene rings is 1. The van der Waals surface area contributed by atoms with Crippen molar-refractivity contribution in [3.05, 3.63) is 40.4 Å². The van der Waals surface area contributed by atoms with Gasteiger partial charge in [-0.05, 0) is 51.8 Å². The van der Waals surface area contributed by atoms with E-state index in [4.69, 9.17) is 0 Å². The van der Waals surface area contributed by atoms with Gasteiger partial charge in [0.25, 0.3) is 0 Å². The highest BCUT2D eigenvalue weighted by Crippen LogP contribution is 2.22. The summed E-state index contributed by atoms with van der Waals surface area (Å²) in [6.45, 7) is 7.62. The fourth-order valence-corrected chi connectivity index (χ4v) is 4.08. The molecule has 0 spiro atoms. The molecule has 2 aromatic rings. The second-order valence-corrected chi connectivity index (χ2v) is 8.29. The molecule has 3 rings (SSSR count). The molecule has 1 aliphatic heterocycles. The van der Waals surface area contributed by atoms with Crippen molar-refractivity contribution >= 4 is 34.0 Å². The maximum absolute atomic E-state index is 12.6. The highest BCUT2D eigenvalue weighted by Gasteiger charge is 2.27. The van der Waals surface area contributed by atoms with Gasteiger partial charge in [-0.25, -0.2) is 4.98 Å². The molecule has 1 aliphatic rings. The Morgan fingerprint density at radius 1 is 1.22 bits per heavy atom. The Bertz CT molecular complexity index is 814. The molecule has 1 aromatic heterocycles. The zero-order valence-electron chi connectivity index (χ0n) is 16.0. The van der Waals surface area contributed by atoms with Gasteiger partial charge < -0.3 is 10.6 Å². The number of amides is 2. The van der Waals surface area contributed by atoms with Crippen molar-refractivity contribution in [3.63, 3.8) is 0 Å². The van der Waals surface area contributed by atoms with Crippen LogP contribution in [0.2, 0.25) is 0 Å². The highest BCUT2D eigenvalue weighted by atomic mass is 32.1. The second kappa shape index (κ2) is 8.63. The lowest BCUT2D eigenvalue weighted by atomic mass is 9.97. The van der Waals surface area contributed by atoms with Crippen LogP contribution in [-0.4, -0.2) is 41.3 Å². The number of rotatable bonds is 5. The zero-order valence-corrected chi connectivity index (χ0v) is 16.9. The lowest BCUT2D eigenvalue weighted by Gasteiger charge is -2.31. The molecular formula is C20H26N4O2S. The molecule has 2 N–H and O–H groups in total. The van der Waals surface area contributed by atoms with E-state index < -0.39 is 0 Å². The van der Waals surface area contributed by atoms with Gasteiger partial charge in [-0.3, -0.25) is 14.5 Å². The number of para-hydroxylation sites is 1. The minimum atomic E-state index is -0.101. The first-order valence-electron chi connectivity index (χ1n) is 9.25. The van der Waals surface area contributed by atoms with Crippen LogP contribution in [0.25, 0.3) is 0 Å². The summed E-state index contributed by atoms with van der Waals surface area (Å²) in [5.74, 6) is -0.153. The van der Waals surface area contributed by atoms with Crippen molar-refractivity contribution in [2.75, 3.05) is 30.3 Å². The lowest BCUT2D eigenvalue weighted by molar-refractivity contribution is -0.123. The van der Waals surface area contributed by atoms with E-state index in [9.17, 15) is 9.59 Å². The minimum Gasteiger partial charge on any atom is -0.326 e. The van der Waals surface area contributed by atoms with Gasteiger partial charge in [0.05, 0.1) is 18.2 Å². The number of aromatic nitrogens is 1. The molecule has 1 unspecified atom stereocenters. The van der Waals surface area contributed by atoms with Crippen LogP contribution in [0.5, 0.6) is 0 Å². The fraction of sp³-hybridized carbons (Fsp3) is 0.450. The predicted molar refractivity (Wildman–Crippen MR) is 109 cm³/mol. The third-order valence-corrected chi connectivity index (χ3v) is 5.91. The first-order valence-corrected chi connectivity index (χ1v) is 10.1. The van der Waals surface area contributed by atoms with Crippen molar-refractivity contribution in [1.29, 1.82) is 0 Å². The molecule has 27 heavy (non-hydrogen) atoms. The average molecular weight is 387 g/mol. The van der Waals surface area contributed by atoms with E-state index in [0.717, 1.165) is 41.2 Å². The molecule has 2 heterocycles. The summed E-state index contributed by atoms with van der Waals surface area (Å²) in [5, 5.41) is 6.54. The summed E-state index contributed by atoms with van der Waals surface area (Å²) < 4.78 is 0. The molecule has 0 saturated carbocycles. The SMILES string of the molecule is Cc1ccccc1NC(=O)C1CCCN(CC(=O)Nc2nc(C)c(C)s2)C1. The molecule has 1 aromatic carbocycles. The number of anilines is 2. The Hall–Kier alpha value is -2.25. The summed E-state index contributed by atoms with van der Waals surface area (Å²) >= 11 is 1.49. The summed E-state index contributed by atoms with van der Waals surface area (Å²) in [6, 6.07) is 7.77. The molecule has 2 amide bonds. The molecule has 0 radical (unpaired) electrons. The summed E-state index contributed by atoms with van der Waals surface area (Å²) in [7, 11) is 0. The van der Waals surface area contributed by atoms with Crippen LogP contribution >= 0.6 is 11.3 Å². The topological polar surface area (TPSA) is 74.3 Å². The fourth-order valence-electron chi connectivity index (χ4n) is 3.25. The standard InChI is InChI=1S/C20H26N4O2S/c1-13-7-4-5-9-17(13)22-19(26)16-8-6-10-24(11-16)12-18(25)23-20-21-14(2)15(3)27-20/h4-5,7,9,16H,6,8,10-12H2,1-3H3,(H,22,26)(H,21,23,25). The zero-order chi connectivity index (χ0) is 19.4. The van der Waals surface area contributed by atoms with Gasteiger partial charge in [0.15, 0.2) is 5.13 Å². The van der Waals surface area contributed by atoms with E-state index in [2.05, 4.69) is 15.6 Å². The molecule has 0 bridgehead atoms. The van der Waals surface area contributed by atoms with Crippen molar-refractivity contribution in [2.24, 2.45) is 5.92 Å². The first kappa shape index (κ1) is 19.5. The lowest BCUT2D eigenvalue weighted by Crippen LogP contribution is -2.44. The number of nitrogens with one attached hydrogen (secondary N) is 2. The van der Waals surface area contributed by atoms with Crippen LogP contribution in [0.1, 0.15) is 29.0 Å². The smallest absolute Gasteiger partial charge is 0.240 e. The summed E-state index contributed by atoms with van der Waals surface area (Å²) in [5.41, 5.74) is 2.85. The number of carbonyl (C=O) groups excluding carboxylic acids is 2. The number of hydrogen-bond acceptors (Lipinski definition) is 5. The minimum absolute atomic E-state index is 0.0283. The van der Waals surface area contributed by atoms with Crippen LogP contribution in [0.15, 0.2) is 24.3 Å². The van der Waals surface area contributed by atoms with Crippen molar-refractivity contribution < 1.29 is 9.59 Å². The highest BCUT2D eigenvalue weighted by molar-refractivity contribution is 7.15. The maximum atomic E-state index is 12.6. The number of nitrogens with zero attached hydrogens (tertiary/aromatic N) is 2. The van der Waals surface area contributed by atoms with Crippen LogP contribution in [0, 0.1) is 26.7 Å². The Kier molecular flexibility index (Phi) is 6.23. The first-order chi connectivity index (χ1) is 12.9. The molecule has 1 fully saturated rings. The normalized spacial score (nSPS) is 17.5. The maximum Gasteiger partial charge on any atom is 0.240 e. The van der Waals surface area contributed by atoms with E-state index in [1.165, 1.54) is 11.3 Å². The van der Waals surface area contributed by atoms with Crippen LogP contribution in [-0.2, 0) is 9.59 Å². The van der Waals surface area contributed by atoms with E-state index in [1.54, 1.807) is 0 Å². The van der Waals surface area contributed by atoms with Gasteiger partial charge in [-0.2, -0.15) is 0 Å². The van der Waals surface area contributed by atoms with E-state index in [0.29, 0.717) is 11.7 Å². The largest absolute Gasteiger partial charge is 0.326 e. The van der Waals surface area contributed by atoms with Gasteiger partial charge in [-0.15, -0.1) is 11.3 Å². The van der Waals surface area contributed by atoms with Crippen molar-refractivity contribution in [1.82, 2.24) is 9.88 Å². The molecular weight excluding hydrogens is 360 g/mol. The van der Waals surface area contributed by atoms with Gasteiger partial charge in [0.2, 0.25) is 11.8 Å². The summed E-state index contributed by atoms with van der Waals surface area (Å²) in [6.07, 6.45) is 1.76. The predicted octanol–water partition coefficient (Wildman–Crippen LogP) is 3.36. The quantitative estimate of drug-likeness (QED) is 0.826. The number of hydrogen-bond donors (Lipinski definition) is 2. The van der Waals surface area contributed by atoms with E-state index in [1.807, 2.05) is 49.9 Å². The van der Waals surface area contributed by atoms with Gasteiger partial charge >= 0.3 is 0 Å². The van der Waals surface area contributed by atoms with Gasteiger partial charge in [0.1, 0.15) is 0 Å².